The molecule has 5 rings (SSSR count). The summed E-state index contributed by atoms with van der Waals surface area (Å²) in [5.41, 5.74) is 2.06. The van der Waals surface area contributed by atoms with Gasteiger partial charge in [0.15, 0.2) is 0 Å². The van der Waals surface area contributed by atoms with Crippen molar-refractivity contribution in [1.29, 1.82) is 0 Å². The Labute approximate surface area is 129 Å². The molecule has 4 nitrogen and oxygen atoms in total. The number of fused-ring (bicyclic) bond motifs is 1. The van der Waals surface area contributed by atoms with Crippen molar-refractivity contribution in [3.8, 4) is 0 Å². The Bertz CT molecular complexity index is 658. The van der Waals surface area contributed by atoms with Gasteiger partial charge in [-0.15, -0.1) is 0 Å². The first-order chi connectivity index (χ1) is 10.6. The van der Waals surface area contributed by atoms with Gasteiger partial charge in [-0.05, 0) is 37.2 Å². The molecule has 0 aromatic heterocycles. The largest absolute Gasteiger partial charge is 0.272 e. The Morgan fingerprint density at radius 1 is 1.00 bits per heavy atom. The van der Waals surface area contributed by atoms with E-state index in [9.17, 15) is 9.59 Å². The minimum Gasteiger partial charge on any atom is -0.272 e. The van der Waals surface area contributed by atoms with Gasteiger partial charge in [0.05, 0.1) is 18.1 Å². The van der Waals surface area contributed by atoms with Gasteiger partial charge in [0, 0.05) is 0 Å². The van der Waals surface area contributed by atoms with Crippen LogP contribution in [0.25, 0.3) is 0 Å². The van der Waals surface area contributed by atoms with Crippen LogP contribution in [0.15, 0.2) is 41.5 Å². The summed E-state index contributed by atoms with van der Waals surface area (Å²) in [7, 11) is 0. The third-order valence-corrected chi connectivity index (χ3v) is 5.14. The summed E-state index contributed by atoms with van der Waals surface area (Å²) in [6.45, 7) is 2.02. The molecule has 4 heteroatoms. The quantitative estimate of drug-likeness (QED) is 0.478. The molecule has 2 amide bonds. The van der Waals surface area contributed by atoms with Crippen molar-refractivity contribution in [2.75, 3.05) is 0 Å². The maximum atomic E-state index is 12.6. The molecule has 1 saturated heterocycles. The van der Waals surface area contributed by atoms with E-state index in [4.69, 9.17) is 0 Å². The minimum atomic E-state index is -0.189. The van der Waals surface area contributed by atoms with Gasteiger partial charge >= 0.3 is 0 Å². The number of hydrogen-bond acceptors (Lipinski definition) is 3. The molecular weight excluding hydrogens is 276 g/mol. The van der Waals surface area contributed by atoms with Gasteiger partial charge in [0.25, 0.3) is 11.8 Å². The topological polar surface area (TPSA) is 49.7 Å². The third kappa shape index (κ3) is 1.94. The number of carbonyl (C=O) groups is 2. The fraction of sp³-hybridized carbons (Fsp3) is 0.389. The Balaban J connectivity index is 1.60. The van der Waals surface area contributed by atoms with Crippen molar-refractivity contribution >= 4 is 18.0 Å². The first-order valence-corrected chi connectivity index (χ1v) is 7.82. The molecule has 4 atom stereocenters. The normalized spacial score (nSPS) is 33.0. The highest BCUT2D eigenvalue weighted by molar-refractivity contribution is 6.06. The van der Waals surface area contributed by atoms with Crippen molar-refractivity contribution in [2.45, 2.75) is 19.8 Å². The monoisotopic (exact) mass is 294 g/mol. The molecule has 2 bridgehead atoms. The molecule has 2 fully saturated rings. The molecule has 0 radical (unpaired) electrons. The van der Waals surface area contributed by atoms with E-state index >= 15 is 0 Å². The molecule has 0 spiro atoms. The van der Waals surface area contributed by atoms with E-state index < -0.39 is 0 Å². The second-order valence-corrected chi connectivity index (χ2v) is 6.49. The van der Waals surface area contributed by atoms with Crippen LogP contribution in [0.5, 0.6) is 0 Å². The number of nitrogens with zero attached hydrogens (tertiary/aromatic N) is 2. The molecule has 1 saturated carbocycles. The van der Waals surface area contributed by atoms with Crippen LogP contribution in [0, 0.1) is 30.6 Å². The van der Waals surface area contributed by atoms with Crippen LogP contribution in [-0.4, -0.2) is 23.0 Å². The van der Waals surface area contributed by atoms with Crippen molar-refractivity contribution in [3.05, 3.63) is 47.5 Å². The Hall–Kier alpha value is -2.23. The Kier molecular flexibility index (Phi) is 2.99. The van der Waals surface area contributed by atoms with Crippen molar-refractivity contribution in [3.63, 3.8) is 0 Å². The lowest BCUT2D eigenvalue weighted by molar-refractivity contribution is -0.140. The van der Waals surface area contributed by atoms with Gasteiger partial charge in [0.1, 0.15) is 0 Å². The zero-order valence-electron chi connectivity index (χ0n) is 12.5. The molecule has 22 heavy (non-hydrogen) atoms. The van der Waals surface area contributed by atoms with Crippen LogP contribution in [0.3, 0.4) is 0 Å². The summed E-state index contributed by atoms with van der Waals surface area (Å²) in [6.07, 6.45) is 7.86. The highest BCUT2D eigenvalue weighted by Crippen LogP contribution is 2.49. The summed E-state index contributed by atoms with van der Waals surface area (Å²) in [5.74, 6) is -0.204. The van der Waals surface area contributed by atoms with Crippen molar-refractivity contribution in [1.82, 2.24) is 5.01 Å². The highest BCUT2D eigenvalue weighted by Gasteiger charge is 2.56. The lowest BCUT2D eigenvalue weighted by Crippen LogP contribution is -2.38. The van der Waals surface area contributed by atoms with Crippen LogP contribution in [0.2, 0.25) is 0 Å². The number of imide groups is 1. The second kappa shape index (κ2) is 4.90. The number of hydrogen-bond donors (Lipinski definition) is 0. The number of allylic oxidation sites excluding steroid dienone is 2. The predicted octanol–water partition coefficient (Wildman–Crippen LogP) is 2.53. The molecule has 4 aliphatic rings. The smallest absolute Gasteiger partial charge is 0.254 e. The number of amides is 2. The molecule has 112 valence electrons. The molecular formula is C18H18N2O2. The summed E-state index contributed by atoms with van der Waals surface area (Å²) < 4.78 is 0. The number of hydrazone groups is 1. The SMILES string of the molecule is Cc1ccc(/C=N\N2C(=O)[C@@H]3[C@@H](C2=O)[C@H]2C=C[C@H]3CC2)cc1. The van der Waals surface area contributed by atoms with Crippen molar-refractivity contribution < 1.29 is 9.59 Å². The zero-order chi connectivity index (χ0) is 15.3. The van der Waals surface area contributed by atoms with Crippen LogP contribution in [0.1, 0.15) is 24.0 Å². The lowest BCUT2D eigenvalue weighted by Gasteiger charge is -2.37. The molecule has 1 aromatic carbocycles. The van der Waals surface area contributed by atoms with E-state index in [0.29, 0.717) is 0 Å². The lowest BCUT2D eigenvalue weighted by atomic mass is 9.63. The van der Waals surface area contributed by atoms with Crippen LogP contribution >= 0.6 is 0 Å². The Morgan fingerprint density at radius 3 is 2.05 bits per heavy atom. The average molecular weight is 294 g/mol. The first kappa shape index (κ1) is 13.4. The predicted molar refractivity (Wildman–Crippen MR) is 83.0 cm³/mol. The first-order valence-electron chi connectivity index (χ1n) is 7.82. The summed E-state index contributed by atoms with van der Waals surface area (Å²) in [4.78, 5) is 25.1. The number of carbonyl (C=O) groups excluding carboxylic acids is 2. The third-order valence-electron chi connectivity index (χ3n) is 5.14. The average Bonchev–Trinajstić information content (AvgIpc) is 2.82. The molecule has 0 unspecified atom stereocenters. The van der Waals surface area contributed by atoms with Gasteiger partial charge in [-0.2, -0.15) is 10.1 Å². The fourth-order valence-corrected chi connectivity index (χ4v) is 3.95. The number of aryl methyl sites for hydroxylation is 1. The molecule has 1 aromatic rings. The zero-order valence-corrected chi connectivity index (χ0v) is 12.5. The van der Waals surface area contributed by atoms with E-state index in [1.54, 1.807) is 6.21 Å². The molecule has 3 aliphatic carbocycles. The highest BCUT2D eigenvalue weighted by atomic mass is 16.2. The van der Waals surface area contributed by atoms with E-state index in [1.807, 2.05) is 31.2 Å². The fourth-order valence-electron chi connectivity index (χ4n) is 3.95. The maximum absolute atomic E-state index is 12.6. The summed E-state index contributed by atoms with van der Waals surface area (Å²) >= 11 is 0. The summed E-state index contributed by atoms with van der Waals surface area (Å²) in [6, 6.07) is 7.84. The van der Waals surface area contributed by atoms with Gasteiger partial charge in [-0.1, -0.05) is 42.0 Å². The van der Waals surface area contributed by atoms with Crippen LogP contribution < -0.4 is 0 Å². The van der Waals surface area contributed by atoms with E-state index in [-0.39, 0.29) is 35.5 Å². The van der Waals surface area contributed by atoms with E-state index in [0.717, 1.165) is 23.4 Å². The Morgan fingerprint density at radius 2 is 1.55 bits per heavy atom. The molecule has 0 N–H and O–H groups in total. The van der Waals surface area contributed by atoms with Gasteiger partial charge in [-0.25, -0.2) is 0 Å². The summed E-state index contributed by atoms with van der Waals surface area (Å²) in [5, 5.41) is 5.29. The number of rotatable bonds is 2. The maximum Gasteiger partial charge on any atom is 0.254 e. The van der Waals surface area contributed by atoms with Gasteiger partial charge in [-0.3, -0.25) is 9.59 Å². The van der Waals surface area contributed by atoms with Gasteiger partial charge < -0.3 is 0 Å². The van der Waals surface area contributed by atoms with Crippen molar-refractivity contribution in [2.24, 2.45) is 28.8 Å². The van der Waals surface area contributed by atoms with E-state index in [1.165, 1.54) is 5.56 Å². The second-order valence-electron chi connectivity index (χ2n) is 6.49. The van der Waals surface area contributed by atoms with E-state index in [2.05, 4.69) is 17.3 Å². The molecule has 1 heterocycles. The van der Waals surface area contributed by atoms with Crippen LogP contribution in [0.4, 0.5) is 0 Å². The van der Waals surface area contributed by atoms with Gasteiger partial charge in [0.2, 0.25) is 0 Å². The number of benzene rings is 1. The standard InChI is InChI=1S/C18H18N2O2/c1-11-2-4-12(5-3-11)10-19-20-17(21)15-13-6-7-14(9-8-13)16(15)18(20)22/h2-7,10,13-16H,8-9H2,1H3/b19-10-/t13-,14-,15-,16-/m0/s1. The molecule has 1 aliphatic heterocycles. The minimum absolute atomic E-state index is 0.127. The van der Waals surface area contributed by atoms with Crippen LogP contribution in [-0.2, 0) is 9.59 Å².